The van der Waals surface area contributed by atoms with E-state index in [-0.39, 0.29) is 6.61 Å². The molecule has 1 aliphatic carbocycles. The van der Waals surface area contributed by atoms with Gasteiger partial charge in [0.2, 0.25) is 0 Å². The van der Waals surface area contributed by atoms with E-state index >= 15 is 0 Å². The molecule has 1 fully saturated rings. The van der Waals surface area contributed by atoms with E-state index in [2.05, 4.69) is 12.2 Å². The zero-order valence-corrected chi connectivity index (χ0v) is 10.9. The molecule has 1 rings (SSSR count). The lowest BCUT2D eigenvalue weighted by Crippen LogP contribution is -2.35. The van der Waals surface area contributed by atoms with E-state index in [4.69, 9.17) is 9.84 Å². The molecular formula is C13H27NO3. The molecule has 17 heavy (non-hydrogen) atoms. The molecule has 0 saturated heterocycles. The lowest BCUT2D eigenvalue weighted by molar-refractivity contribution is -0.0499. The summed E-state index contributed by atoms with van der Waals surface area (Å²) in [4.78, 5) is 0. The standard InChI is InChI=1S/C13H27NO3/c1-2-11-5-3-4-6-13(11)17-10-12(16)9-14-7-8-15/h11-16H,2-10H2,1H3. The summed E-state index contributed by atoms with van der Waals surface area (Å²) in [5.74, 6) is 0.668. The van der Waals surface area contributed by atoms with E-state index in [1.165, 1.54) is 25.7 Å². The number of aliphatic hydroxyl groups excluding tert-OH is 2. The van der Waals surface area contributed by atoms with Crippen molar-refractivity contribution < 1.29 is 14.9 Å². The summed E-state index contributed by atoms with van der Waals surface area (Å²) in [5, 5.41) is 21.3. The highest BCUT2D eigenvalue weighted by Crippen LogP contribution is 2.29. The van der Waals surface area contributed by atoms with Gasteiger partial charge in [-0.3, -0.25) is 0 Å². The fourth-order valence-electron chi connectivity index (χ4n) is 2.50. The summed E-state index contributed by atoms with van der Waals surface area (Å²) in [7, 11) is 0. The maximum absolute atomic E-state index is 9.70. The fraction of sp³-hybridized carbons (Fsp3) is 1.00. The fourth-order valence-corrected chi connectivity index (χ4v) is 2.50. The SMILES string of the molecule is CCC1CCCCC1OCC(O)CNCCO. The Hall–Kier alpha value is -0.160. The number of ether oxygens (including phenoxy) is 1. The number of hydrogen-bond acceptors (Lipinski definition) is 4. The Balaban J connectivity index is 2.14. The second-order valence-corrected chi connectivity index (χ2v) is 4.91. The van der Waals surface area contributed by atoms with Crippen LogP contribution in [0.1, 0.15) is 39.0 Å². The Labute approximate surface area is 104 Å². The molecule has 3 unspecified atom stereocenters. The van der Waals surface area contributed by atoms with Gasteiger partial charge in [0.15, 0.2) is 0 Å². The molecular weight excluding hydrogens is 218 g/mol. The van der Waals surface area contributed by atoms with E-state index in [0.717, 1.165) is 6.42 Å². The van der Waals surface area contributed by atoms with Crippen LogP contribution in [0, 0.1) is 5.92 Å². The van der Waals surface area contributed by atoms with Gasteiger partial charge in [0.25, 0.3) is 0 Å². The highest BCUT2D eigenvalue weighted by atomic mass is 16.5. The molecule has 0 aliphatic heterocycles. The van der Waals surface area contributed by atoms with Crippen molar-refractivity contribution in [3.05, 3.63) is 0 Å². The molecule has 0 aromatic rings. The van der Waals surface area contributed by atoms with Crippen LogP contribution >= 0.6 is 0 Å². The molecule has 4 nitrogen and oxygen atoms in total. The van der Waals surface area contributed by atoms with Crippen LogP contribution in [0.5, 0.6) is 0 Å². The normalized spacial score (nSPS) is 27.0. The van der Waals surface area contributed by atoms with E-state index < -0.39 is 6.10 Å². The minimum atomic E-state index is -0.471. The molecule has 0 aromatic carbocycles. The third-order valence-corrected chi connectivity index (χ3v) is 3.53. The van der Waals surface area contributed by atoms with Crippen LogP contribution in [-0.4, -0.2) is 48.7 Å². The van der Waals surface area contributed by atoms with Crippen molar-refractivity contribution >= 4 is 0 Å². The highest BCUT2D eigenvalue weighted by Gasteiger charge is 2.24. The van der Waals surface area contributed by atoms with Gasteiger partial charge in [-0.25, -0.2) is 0 Å². The van der Waals surface area contributed by atoms with Crippen molar-refractivity contribution in [1.29, 1.82) is 0 Å². The van der Waals surface area contributed by atoms with Gasteiger partial charge >= 0.3 is 0 Å². The largest absolute Gasteiger partial charge is 0.395 e. The molecule has 0 amide bonds. The van der Waals surface area contributed by atoms with Crippen LogP contribution in [-0.2, 0) is 4.74 Å². The smallest absolute Gasteiger partial charge is 0.0897 e. The van der Waals surface area contributed by atoms with Crippen molar-refractivity contribution in [3.63, 3.8) is 0 Å². The van der Waals surface area contributed by atoms with Crippen LogP contribution in [0.3, 0.4) is 0 Å². The molecule has 3 N–H and O–H groups in total. The second-order valence-electron chi connectivity index (χ2n) is 4.91. The number of rotatable bonds is 8. The summed E-state index contributed by atoms with van der Waals surface area (Å²) >= 11 is 0. The molecule has 0 radical (unpaired) electrons. The Morgan fingerprint density at radius 1 is 1.35 bits per heavy atom. The lowest BCUT2D eigenvalue weighted by Gasteiger charge is -2.31. The molecule has 102 valence electrons. The lowest BCUT2D eigenvalue weighted by atomic mass is 9.85. The van der Waals surface area contributed by atoms with Gasteiger partial charge in [-0.1, -0.05) is 26.2 Å². The average molecular weight is 245 g/mol. The summed E-state index contributed by atoms with van der Waals surface area (Å²) in [6, 6.07) is 0. The van der Waals surface area contributed by atoms with E-state index in [1.807, 2.05) is 0 Å². The van der Waals surface area contributed by atoms with Gasteiger partial charge in [0, 0.05) is 13.1 Å². The first kappa shape index (κ1) is 14.9. The zero-order valence-electron chi connectivity index (χ0n) is 10.9. The predicted molar refractivity (Wildman–Crippen MR) is 68.0 cm³/mol. The molecule has 0 spiro atoms. The molecule has 4 heteroatoms. The Morgan fingerprint density at radius 2 is 2.12 bits per heavy atom. The average Bonchev–Trinajstić information content (AvgIpc) is 2.37. The maximum atomic E-state index is 9.70. The van der Waals surface area contributed by atoms with E-state index in [1.54, 1.807) is 0 Å². The van der Waals surface area contributed by atoms with Gasteiger partial charge in [-0.05, 0) is 18.8 Å². The Kier molecular flexibility index (Phi) is 7.77. The first-order valence-electron chi connectivity index (χ1n) is 6.89. The number of nitrogens with one attached hydrogen (secondary N) is 1. The third-order valence-electron chi connectivity index (χ3n) is 3.53. The van der Waals surface area contributed by atoms with Crippen molar-refractivity contribution in [2.45, 2.75) is 51.2 Å². The first-order valence-corrected chi connectivity index (χ1v) is 6.89. The zero-order chi connectivity index (χ0) is 12.5. The van der Waals surface area contributed by atoms with Crippen LogP contribution in [0.2, 0.25) is 0 Å². The minimum Gasteiger partial charge on any atom is -0.395 e. The van der Waals surface area contributed by atoms with Crippen LogP contribution in [0.15, 0.2) is 0 Å². The maximum Gasteiger partial charge on any atom is 0.0897 e. The molecule has 3 atom stereocenters. The van der Waals surface area contributed by atoms with Crippen molar-refractivity contribution in [2.75, 3.05) is 26.3 Å². The first-order chi connectivity index (χ1) is 8.27. The minimum absolute atomic E-state index is 0.105. The van der Waals surface area contributed by atoms with Gasteiger partial charge in [-0.15, -0.1) is 0 Å². The second kappa shape index (κ2) is 8.86. The summed E-state index contributed by atoms with van der Waals surface area (Å²) in [6.07, 6.45) is 6.00. The highest BCUT2D eigenvalue weighted by molar-refractivity contribution is 4.75. The number of aliphatic hydroxyl groups is 2. The number of hydrogen-bond donors (Lipinski definition) is 3. The molecule has 0 heterocycles. The Bertz CT molecular complexity index is 190. The van der Waals surface area contributed by atoms with Gasteiger partial charge < -0.3 is 20.3 Å². The monoisotopic (exact) mass is 245 g/mol. The van der Waals surface area contributed by atoms with Crippen LogP contribution in [0.4, 0.5) is 0 Å². The van der Waals surface area contributed by atoms with Crippen molar-refractivity contribution in [3.8, 4) is 0 Å². The third kappa shape index (κ3) is 5.82. The molecule has 0 bridgehead atoms. The van der Waals surface area contributed by atoms with Crippen LogP contribution in [0.25, 0.3) is 0 Å². The van der Waals surface area contributed by atoms with Crippen LogP contribution < -0.4 is 5.32 Å². The summed E-state index contributed by atoms with van der Waals surface area (Å²) in [6.45, 7) is 3.74. The quantitative estimate of drug-likeness (QED) is 0.556. The summed E-state index contributed by atoms with van der Waals surface area (Å²) in [5.41, 5.74) is 0. The molecule has 1 aliphatic rings. The molecule has 0 aromatic heterocycles. The van der Waals surface area contributed by atoms with Gasteiger partial charge in [-0.2, -0.15) is 0 Å². The summed E-state index contributed by atoms with van der Waals surface area (Å²) < 4.78 is 5.83. The van der Waals surface area contributed by atoms with Gasteiger partial charge in [0.1, 0.15) is 0 Å². The van der Waals surface area contributed by atoms with Gasteiger partial charge in [0.05, 0.1) is 25.4 Å². The predicted octanol–water partition coefficient (Wildman–Crippen LogP) is 0.915. The van der Waals surface area contributed by atoms with E-state index in [0.29, 0.717) is 31.7 Å². The van der Waals surface area contributed by atoms with Crippen molar-refractivity contribution in [2.24, 2.45) is 5.92 Å². The van der Waals surface area contributed by atoms with E-state index in [9.17, 15) is 5.11 Å². The Morgan fingerprint density at radius 3 is 2.82 bits per heavy atom. The van der Waals surface area contributed by atoms with Crippen molar-refractivity contribution in [1.82, 2.24) is 5.32 Å². The topological polar surface area (TPSA) is 61.7 Å². The molecule has 1 saturated carbocycles.